The van der Waals surface area contributed by atoms with Crippen LogP contribution in [0, 0.1) is 6.92 Å². The third-order valence-corrected chi connectivity index (χ3v) is 2.30. The van der Waals surface area contributed by atoms with Crippen LogP contribution in [0.4, 0.5) is 0 Å². The quantitative estimate of drug-likeness (QED) is 0.778. The fourth-order valence-corrected chi connectivity index (χ4v) is 1.33. The number of hydrogen-bond acceptors (Lipinski definition) is 2. The van der Waals surface area contributed by atoms with Crippen molar-refractivity contribution in [2.24, 2.45) is 0 Å². The van der Waals surface area contributed by atoms with Crippen LogP contribution in [0.5, 0.6) is 0 Å². The van der Waals surface area contributed by atoms with Gasteiger partial charge in [0.1, 0.15) is 0 Å². The van der Waals surface area contributed by atoms with E-state index >= 15 is 0 Å². The number of carbonyl (C=O) groups is 1. The van der Waals surface area contributed by atoms with Gasteiger partial charge < -0.3 is 5.11 Å². The van der Waals surface area contributed by atoms with Gasteiger partial charge in [-0.05, 0) is 24.6 Å². The summed E-state index contributed by atoms with van der Waals surface area (Å²) in [7, 11) is 0. The molecule has 0 saturated carbocycles. The first-order valence-corrected chi connectivity index (χ1v) is 5.20. The van der Waals surface area contributed by atoms with E-state index in [1.807, 2.05) is 19.1 Å². The smallest absolute Gasteiger partial charge is 0.328 e. The van der Waals surface area contributed by atoms with Crippen molar-refractivity contribution in [3.8, 4) is 0 Å². The van der Waals surface area contributed by atoms with Crippen LogP contribution in [0.1, 0.15) is 37.7 Å². The third kappa shape index (κ3) is 3.19. The largest absolute Gasteiger partial charge is 0.478 e. The SMILES string of the molecule is Cc1nc(C(C)(C)C)ccc1/C=C/C(=O)O. The summed E-state index contributed by atoms with van der Waals surface area (Å²) < 4.78 is 0. The first-order chi connectivity index (χ1) is 7.30. The fourth-order valence-electron chi connectivity index (χ4n) is 1.33. The van der Waals surface area contributed by atoms with E-state index < -0.39 is 5.97 Å². The first kappa shape index (κ1) is 12.4. The van der Waals surface area contributed by atoms with E-state index in [-0.39, 0.29) is 5.41 Å². The van der Waals surface area contributed by atoms with Gasteiger partial charge in [0, 0.05) is 22.9 Å². The van der Waals surface area contributed by atoms with Crippen LogP contribution < -0.4 is 0 Å². The predicted octanol–water partition coefficient (Wildman–Crippen LogP) is 2.79. The van der Waals surface area contributed by atoms with Gasteiger partial charge in [-0.1, -0.05) is 26.8 Å². The van der Waals surface area contributed by atoms with Crippen molar-refractivity contribution >= 4 is 12.0 Å². The molecule has 0 amide bonds. The van der Waals surface area contributed by atoms with Gasteiger partial charge in [0.15, 0.2) is 0 Å². The maximum Gasteiger partial charge on any atom is 0.328 e. The minimum absolute atomic E-state index is 0.0137. The van der Waals surface area contributed by atoms with Gasteiger partial charge in [-0.3, -0.25) is 4.98 Å². The maximum atomic E-state index is 10.4. The average molecular weight is 219 g/mol. The van der Waals surface area contributed by atoms with Gasteiger partial charge in [-0.25, -0.2) is 4.79 Å². The van der Waals surface area contributed by atoms with Gasteiger partial charge in [-0.15, -0.1) is 0 Å². The summed E-state index contributed by atoms with van der Waals surface area (Å²) in [6.07, 6.45) is 2.69. The van der Waals surface area contributed by atoms with E-state index in [9.17, 15) is 4.79 Å². The molecule has 0 aliphatic rings. The molecule has 0 radical (unpaired) electrons. The van der Waals surface area contributed by atoms with Crippen LogP contribution in [0.25, 0.3) is 6.08 Å². The van der Waals surface area contributed by atoms with Gasteiger partial charge in [0.05, 0.1) is 0 Å². The molecule has 1 N–H and O–H groups in total. The van der Waals surface area contributed by atoms with Crippen molar-refractivity contribution in [3.63, 3.8) is 0 Å². The minimum atomic E-state index is -0.945. The van der Waals surface area contributed by atoms with Gasteiger partial charge in [0.2, 0.25) is 0 Å². The van der Waals surface area contributed by atoms with E-state index in [2.05, 4.69) is 25.8 Å². The molecule has 0 aliphatic carbocycles. The molecule has 1 rings (SSSR count). The lowest BCUT2D eigenvalue weighted by Gasteiger charge is -2.18. The van der Waals surface area contributed by atoms with Crippen molar-refractivity contribution in [2.75, 3.05) is 0 Å². The number of pyridine rings is 1. The lowest BCUT2D eigenvalue weighted by molar-refractivity contribution is -0.131. The Morgan fingerprint density at radius 1 is 1.38 bits per heavy atom. The Hall–Kier alpha value is -1.64. The average Bonchev–Trinajstić information content (AvgIpc) is 2.14. The van der Waals surface area contributed by atoms with Crippen molar-refractivity contribution in [3.05, 3.63) is 35.2 Å². The van der Waals surface area contributed by atoms with Crippen LogP contribution >= 0.6 is 0 Å². The number of rotatable bonds is 2. The van der Waals surface area contributed by atoms with E-state index in [0.717, 1.165) is 23.0 Å². The molecule has 1 heterocycles. The summed E-state index contributed by atoms with van der Waals surface area (Å²) in [5.74, 6) is -0.945. The van der Waals surface area contributed by atoms with Crippen LogP contribution in [0.15, 0.2) is 18.2 Å². The van der Waals surface area contributed by atoms with Crippen LogP contribution in [0.3, 0.4) is 0 Å². The zero-order valence-electron chi connectivity index (χ0n) is 10.1. The highest BCUT2D eigenvalue weighted by molar-refractivity contribution is 5.85. The molecule has 0 aliphatic heterocycles. The Kier molecular flexibility index (Phi) is 3.48. The molecule has 0 atom stereocenters. The molecule has 16 heavy (non-hydrogen) atoms. The van der Waals surface area contributed by atoms with Crippen LogP contribution in [0.2, 0.25) is 0 Å². The number of aliphatic carboxylic acids is 1. The van der Waals surface area contributed by atoms with Crippen molar-refractivity contribution in [2.45, 2.75) is 33.1 Å². The molecule has 0 saturated heterocycles. The molecular weight excluding hydrogens is 202 g/mol. The van der Waals surface area contributed by atoms with Crippen LogP contribution in [-0.4, -0.2) is 16.1 Å². The monoisotopic (exact) mass is 219 g/mol. The second kappa shape index (κ2) is 4.47. The highest BCUT2D eigenvalue weighted by Crippen LogP contribution is 2.21. The summed E-state index contributed by atoms with van der Waals surface area (Å²) in [6.45, 7) is 8.18. The van der Waals surface area contributed by atoms with Crippen molar-refractivity contribution in [1.29, 1.82) is 0 Å². The van der Waals surface area contributed by atoms with Gasteiger partial charge in [0.25, 0.3) is 0 Å². The molecular formula is C13H17NO2. The Bertz CT molecular complexity index is 428. The Balaban J connectivity index is 3.05. The zero-order chi connectivity index (χ0) is 12.3. The normalized spacial score (nSPS) is 12.0. The first-order valence-electron chi connectivity index (χ1n) is 5.20. The number of carboxylic acid groups (broad SMARTS) is 1. The minimum Gasteiger partial charge on any atom is -0.478 e. The van der Waals surface area contributed by atoms with Crippen LogP contribution in [-0.2, 0) is 10.2 Å². The number of nitrogens with zero attached hydrogens (tertiary/aromatic N) is 1. The second-order valence-electron chi connectivity index (χ2n) is 4.79. The summed E-state index contributed by atoms with van der Waals surface area (Å²) in [5.41, 5.74) is 2.72. The number of carboxylic acids is 1. The Morgan fingerprint density at radius 2 is 2.00 bits per heavy atom. The van der Waals surface area contributed by atoms with Gasteiger partial charge in [-0.2, -0.15) is 0 Å². The van der Waals surface area contributed by atoms with Crippen molar-refractivity contribution < 1.29 is 9.90 Å². The topological polar surface area (TPSA) is 50.2 Å². The summed E-state index contributed by atoms with van der Waals surface area (Å²) in [4.78, 5) is 14.9. The highest BCUT2D eigenvalue weighted by Gasteiger charge is 2.15. The second-order valence-corrected chi connectivity index (χ2v) is 4.79. The number of hydrogen-bond donors (Lipinski definition) is 1. The third-order valence-electron chi connectivity index (χ3n) is 2.30. The molecule has 1 aromatic rings. The lowest BCUT2D eigenvalue weighted by Crippen LogP contribution is -2.14. The Labute approximate surface area is 95.8 Å². The molecule has 0 unspecified atom stereocenters. The standard InChI is InChI=1S/C13H17NO2/c1-9-10(6-8-12(15)16)5-7-11(14-9)13(2,3)4/h5-8H,1-4H3,(H,15,16)/b8-6+. The van der Waals surface area contributed by atoms with Crippen molar-refractivity contribution in [1.82, 2.24) is 4.98 Å². The summed E-state index contributed by atoms with van der Waals surface area (Å²) >= 11 is 0. The predicted molar refractivity (Wildman–Crippen MR) is 64.3 cm³/mol. The molecule has 0 aromatic carbocycles. The number of aromatic nitrogens is 1. The molecule has 3 heteroatoms. The molecule has 0 fully saturated rings. The summed E-state index contributed by atoms with van der Waals surface area (Å²) in [6, 6.07) is 3.84. The van der Waals surface area contributed by atoms with E-state index in [1.165, 1.54) is 0 Å². The molecule has 0 spiro atoms. The molecule has 0 bridgehead atoms. The number of aryl methyl sites for hydroxylation is 1. The maximum absolute atomic E-state index is 10.4. The zero-order valence-corrected chi connectivity index (χ0v) is 10.1. The molecule has 1 aromatic heterocycles. The van der Waals surface area contributed by atoms with E-state index in [4.69, 9.17) is 5.11 Å². The van der Waals surface area contributed by atoms with E-state index in [1.54, 1.807) is 6.08 Å². The lowest BCUT2D eigenvalue weighted by atomic mass is 9.91. The summed E-state index contributed by atoms with van der Waals surface area (Å²) in [5, 5.41) is 8.54. The Morgan fingerprint density at radius 3 is 2.44 bits per heavy atom. The van der Waals surface area contributed by atoms with E-state index in [0.29, 0.717) is 0 Å². The molecule has 86 valence electrons. The fraction of sp³-hybridized carbons (Fsp3) is 0.385. The van der Waals surface area contributed by atoms with Gasteiger partial charge >= 0.3 is 5.97 Å². The molecule has 3 nitrogen and oxygen atoms in total. The highest BCUT2D eigenvalue weighted by atomic mass is 16.4.